The number of carbonyl (C=O) groups excluding carboxylic acids is 3. The van der Waals surface area contributed by atoms with E-state index in [1.807, 2.05) is 18.2 Å². The second kappa shape index (κ2) is 10.7. The van der Waals surface area contributed by atoms with Gasteiger partial charge in [0, 0.05) is 0 Å². The molecule has 0 heterocycles. The summed E-state index contributed by atoms with van der Waals surface area (Å²) < 4.78 is 14.4. The maximum absolute atomic E-state index is 11.9. The molecule has 0 radical (unpaired) electrons. The average molecular weight is 350 g/mol. The SMILES string of the molecule is CCOC(=O)[C@H](C)NC(=CC(=O)OC)NC(=O)OCc1ccccc1. The summed E-state index contributed by atoms with van der Waals surface area (Å²) in [5.41, 5.74) is 0.809. The van der Waals surface area contributed by atoms with E-state index in [1.54, 1.807) is 19.1 Å². The third kappa shape index (κ3) is 7.87. The minimum Gasteiger partial charge on any atom is -0.466 e. The number of nitrogens with one attached hydrogen (secondary N) is 2. The normalized spacial score (nSPS) is 11.9. The number of amides is 1. The number of hydrogen-bond donors (Lipinski definition) is 2. The highest BCUT2D eigenvalue weighted by molar-refractivity contribution is 5.84. The molecule has 0 aliphatic rings. The van der Waals surface area contributed by atoms with Gasteiger partial charge in [0.15, 0.2) is 0 Å². The van der Waals surface area contributed by atoms with E-state index in [-0.39, 0.29) is 19.0 Å². The smallest absolute Gasteiger partial charge is 0.413 e. The van der Waals surface area contributed by atoms with Gasteiger partial charge in [-0.2, -0.15) is 0 Å². The first kappa shape index (κ1) is 20.0. The topological polar surface area (TPSA) is 103 Å². The van der Waals surface area contributed by atoms with Gasteiger partial charge in [0.25, 0.3) is 0 Å². The van der Waals surface area contributed by atoms with E-state index in [0.717, 1.165) is 11.6 Å². The van der Waals surface area contributed by atoms with Crippen molar-refractivity contribution >= 4 is 18.0 Å². The van der Waals surface area contributed by atoms with Gasteiger partial charge in [-0.05, 0) is 19.4 Å². The fourth-order valence-corrected chi connectivity index (χ4v) is 1.72. The van der Waals surface area contributed by atoms with E-state index in [0.29, 0.717) is 0 Å². The monoisotopic (exact) mass is 350 g/mol. The number of methoxy groups -OCH3 is 1. The molecule has 0 bridgehead atoms. The molecule has 0 aliphatic heterocycles. The first-order valence-electron chi connectivity index (χ1n) is 7.66. The fraction of sp³-hybridized carbons (Fsp3) is 0.353. The van der Waals surface area contributed by atoms with E-state index < -0.39 is 24.1 Å². The number of rotatable bonds is 8. The molecule has 1 amide bonds. The quantitative estimate of drug-likeness (QED) is 0.416. The molecular weight excluding hydrogens is 328 g/mol. The molecule has 1 rings (SSSR count). The minimum absolute atomic E-state index is 0.0366. The zero-order valence-corrected chi connectivity index (χ0v) is 14.4. The molecule has 2 N–H and O–H groups in total. The summed E-state index contributed by atoms with van der Waals surface area (Å²) in [7, 11) is 1.19. The van der Waals surface area contributed by atoms with Gasteiger partial charge in [0.1, 0.15) is 18.5 Å². The number of benzene rings is 1. The first-order valence-corrected chi connectivity index (χ1v) is 7.66. The Morgan fingerprint density at radius 1 is 1.16 bits per heavy atom. The lowest BCUT2D eigenvalue weighted by Crippen LogP contribution is -2.41. The van der Waals surface area contributed by atoms with E-state index in [9.17, 15) is 14.4 Å². The molecule has 25 heavy (non-hydrogen) atoms. The third-order valence-electron chi connectivity index (χ3n) is 2.93. The number of carbonyl (C=O) groups is 3. The predicted molar refractivity (Wildman–Crippen MR) is 89.1 cm³/mol. The minimum atomic E-state index is -0.789. The molecule has 0 spiro atoms. The molecule has 0 saturated heterocycles. The largest absolute Gasteiger partial charge is 0.466 e. The fourth-order valence-electron chi connectivity index (χ4n) is 1.72. The lowest BCUT2D eigenvalue weighted by molar-refractivity contribution is -0.145. The third-order valence-corrected chi connectivity index (χ3v) is 2.93. The van der Waals surface area contributed by atoms with E-state index in [1.165, 1.54) is 14.0 Å². The molecule has 8 heteroatoms. The standard InChI is InChI=1S/C17H22N2O6/c1-4-24-16(21)12(2)18-14(10-15(20)23-3)19-17(22)25-11-13-8-6-5-7-9-13/h5-10,12,18H,4,11H2,1-3H3,(H,19,22)/t12-/m0/s1. The van der Waals surface area contributed by atoms with Crippen molar-refractivity contribution in [3.63, 3.8) is 0 Å². The second-order valence-electron chi connectivity index (χ2n) is 4.89. The van der Waals surface area contributed by atoms with Gasteiger partial charge >= 0.3 is 18.0 Å². The molecule has 136 valence electrons. The van der Waals surface area contributed by atoms with Crippen LogP contribution in [-0.2, 0) is 30.4 Å². The van der Waals surface area contributed by atoms with Crippen molar-refractivity contribution < 1.29 is 28.6 Å². The lowest BCUT2D eigenvalue weighted by atomic mass is 10.2. The maximum atomic E-state index is 11.9. The van der Waals surface area contributed by atoms with Gasteiger partial charge in [-0.3, -0.25) is 5.32 Å². The van der Waals surface area contributed by atoms with Crippen LogP contribution in [-0.4, -0.2) is 37.8 Å². The predicted octanol–water partition coefficient (Wildman–Crippen LogP) is 1.47. The summed E-state index contributed by atoms with van der Waals surface area (Å²) in [4.78, 5) is 35.0. The summed E-state index contributed by atoms with van der Waals surface area (Å²) >= 11 is 0. The number of esters is 2. The summed E-state index contributed by atoms with van der Waals surface area (Å²) in [6, 6.07) is 8.31. The van der Waals surface area contributed by atoms with Crippen molar-refractivity contribution in [2.24, 2.45) is 0 Å². The van der Waals surface area contributed by atoms with Gasteiger partial charge in [0.05, 0.1) is 19.8 Å². The van der Waals surface area contributed by atoms with Gasteiger partial charge in [-0.25, -0.2) is 14.4 Å². The Morgan fingerprint density at radius 3 is 2.44 bits per heavy atom. The van der Waals surface area contributed by atoms with Gasteiger partial charge in [0.2, 0.25) is 0 Å². The second-order valence-corrected chi connectivity index (χ2v) is 4.89. The van der Waals surface area contributed by atoms with Crippen LogP contribution in [0.25, 0.3) is 0 Å². The maximum Gasteiger partial charge on any atom is 0.413 e. The number of hydrogen-bond acceptors (Lipinski definition) is 7. The molecule has 0 fully saturated rings. The average Bonchev–Trinajstić information content (AvgIpc) is 2.60. The Morgan fingerprint density at radius 2 is 1.84 bits per heavy atom. The van der Waals surface area contributed by atoms with E-state index in [2.05, 4.69) is 15.4 Å². The van der Waals surface area contributed by atoms with Crippen LogP contribution in [0.1, 0.15) is 19.4 Å². The summed E-state index contributed by atoms with van der Waals surface area (Å²) in [6.07, 6.45) is 0.210. The Hall–Kier alpha value is -3.03. The first-order chi connectivity index (χ1) is 12.0. The van der Waals surface area contributed by atoms with Crippen LogP contribution in [0.2, 0.25) is 0 Å². The lowest BCUT2D eigenvalue weighted by Gasteiger charge is -2.17. The van der Waals surface area contributed by atoms with Crippen molar-refractivity contribution in [1.82, 2.24) is 10.6 Å². The molecular formula is C17H22N2O6. The van der Waals surface area contributed by atoms with Crippen molar-refractivity contribution in [2.45, 2.75) is 26.5 Å². The van der Waals surface area contributed by atoms with Crippen LogP contribution in [0.4, 0.5) is 4.79 Å². The van der Waals surface area contributed by atoms with E-state index in [4.69, 9.17) is 9.47 Å². The highest BCUT2D eigenvalue weighted by Gasteiger charge is 2.17. The van der Waals surface area contributed by atoms with Crippen LogP contribution in [0, 0.1) is 0 Å². The molecule has 0 aromatic heterocycles. The molecule has 0 unspecified atom stereocenters. The highest BCUT2D eigenvalue weighted by Crippen LogP contribution is 2.01. The van der Waals surface area contributed by atoms with Crippen molar-refractivity contribution in [3.05, 3.63) is 47.8 Å². The van der Waals surface area contributed by atoms with Gasteiger partial charge in [-0.15, -0.1) is 0 Å². The van der Waals surface area contributed by atoms with Crippen LogP contribution >= 0.6 is 0 Å². The molecule has 0 saturated carbocycles. The van der Waals surface area contributed by atoms with Crippen LogP contribution in [0.5, 0.6) is 0 Å². The molecule has 8 nitrogen and oxygen atoms in total. The van der Waals surface area contributed by atoms with Crippen LogP contribution in [0.15, 0.2) is 42.2 Å². The Labute approximate surface area is 146 Å². The summed E-state index contributed by atoms with van der Waals surface area (Å²) in [5, 5.41) is 5.03. The molecule has 0 aliphatic carbocycles. The number of ether oxygens (including phenoxy) is 3. The summed E-state index contributed by atoms with van der Waals surface area (Å²) in [6.45, 7) is 3.48. The van der Waals surface area contributed by atoms with E-state index >= 15 is 0 Å². The van der Waals surface area contributed by atoms with Gasteiger partial charge in [-0.1, -0.05) is 30.3 Å². The molecule has 1 atom stereocenters. The van der Waals surface area contributed by atoms with Gasteiger partial charge < -0.3 is 19.5 Å². The van der Waals surface area contributed by atoms with Crippen LogP contribution < -0.4 is 10.6 Å². The Kier molecular flexibility index (Phi) is 8.56. The molecule has 1 aromatic rings. The Balaban J connectivity index is 2.66. The highest BCUT2D eigenvalue weighted by atomic mass is 16.5. The van der Waals surface area contributed by atoms with Crippen LogP contribution in [0.3, 0.4) is 0 Å². The zero-order chi connectivity index (χ0) is 18.7. The molecule has 1 aromatic carbocycles. The van der Waals surface area contributed by atoms with Crippen molar-refractivity contribution in [2.75, 3.05) is 13.7 Å². The zero-order valence-electron chi connectivity index (χ0n) is 14.4. The Bertz CT molecular complexity index is 615. The van der Waals surface area contributed by atoms with Crippen molar-refractivity contribution in [1.29, 1.82) is 0 Å². The summed E-state index contributed by atoms with van der Waals surface area (Å²) in [5.74, 6) is -1.27. The number of alkyl carbamates (subject to hydrolysis) is 1. The van der Waals surface area contributed by atoms with Crippen molar-refractivity contribution in [3.8, 4) is 0 Å².